The quantitative estimate of drug-likeness (QED) is 0.400. The first-order valence-electron chi connectivity index (χ1n) is 11.8. The zero-order valence-corrected chi connectivity index (χ0v) is 18.7. The molecule has 0 radical (unpaired) electrons. The van der Waals surface area contributed by atoms with E-state index in [0.29, 0.717) is 42.1 Å². The molecule has 4 heterocycles. The van der Waals surface area contributed by atoms with Crippen molar-refractivity contribution in [2.45, 2.75) is 44.6 Å². The highest BCUT2D eigenvalue weighted by molar-refractivity contribution is 5.97. The number of benzene rings is 1. The van der Waals surface area contributed by atoms with E-state index in [2.05, 4.69) is 10.3 Å². The highest BCUT2D eigenvalue weighted by Crippen LogP contribution is 2.39. The van der Waals surface area contributed by atoms with Gasteiger partial charge in [0.2, 0.25) is 5.89 Å². The van der Waals surface area contributed by atoms with Gasteiger partial charge in [-0.25, -0.2) is 4.98 Å². The zero-order valence-electron chi connectivity index (χ0n) is 18.7. The minimum Gasteiger partial charge on any atom is -0.463 e. The van der Waals surface area contributed by atoms with E-state index >= 15 is 0 Å². The number of furan rings is 1. The summed E-state index contributed by atoms with van der Waals surface area (Å²) in [5.74, 6) is 1.30. The number of epoxide rings is 1. The van der Waals surface area contributed by atoms with E-state index in [1.54, 1.807) is 18.6 Å². The average Bonchev–Trinajstić information content (AvgIpc) is 3.23. The Balaban J connectivity index is 1.14. The number of amides is 1. The maximum atomic E-state index is 13.1. The van der Waals surface area contributed by atoms with Crippen LogP contribution in [0.15, 0.2) is 63.8 Å². The van der Waals surface area contributed by atoms with Crippen molar-refractivity contribution in [3.05, 3.63) is 66.4 Å². The molecule has 2 fully saturated rings. The molecule has 2 atom stereocenters. The lowest BCUT2D eigenvalue weighted by Crippen LogP contribution is -2.33. The van der Waals surface area contributed by atoms with Gasteiger partial charge in [-0.2, -0.15) is 0 Å². The van der Waals surface area contributed by atoms with Gasteiger partial charge in [0.25, 0.3) is 5.91 Å². The molecule has 2 unspecified atom stereocenters. The van der Waals surface area contributed by atoms with E-state index in [4.69, 9.17) is 13.6 Å². The number of ether oxygens (including phenoxy) is 1. The molecule has 1 amide bonds. The number of aliphatic hydroxyl groups excluding tert-OH is 1. The standard InChI is InChI=1S/C26H27N3O5/c30-24(27-13-16-6-8-17(9-7-16)23-26(31)34-23)21-12-22-20(10-11-32-22)29(21)14-19-15-33-25(28-19)18-4-2-1-3-5-18/h1-5,10-12,15-17,23,26,31H,6-9,13-14H2,(H,27,30). The Morgan fingerprint density at radius 3 is 2.68 bits per heavy atom. The smallest absolute Gasteiger partial charge is 0.268 e. The number of hydrogen-bond acceptors (Lipinski definition) is 6. The van der Waals surface area contributed by atoms with Gasteiger partial charge in [0, 0.05) is 24.2 Å². The highest BCUT2D eigenvalue weighted by atomic mass is 16.7. The number of aliphatic hydroxyl groups is 1. The van der Waals surface area contributed by atoms with Crippen molar-refractivity contribution in [2.75, 3.05) is 6.54 Å². The summed E-state index contributed by atoms with van der Waals surface area (Å²) < 4.78 is 18.4. The van der Waals surface area contributed by atoms with Crippen LogP contribution in [-0.2, 0) is 11.3 Å². The third-order valence-electron chi connectivity index (χ3n) is 7.06. The Kier molecular flexibility index (Phi) is 5.47. The maximum absolute atomic E-state index is 13.1. The molecule has 1 aliphatic carbocycles. The van der Waals surface area contributed by atoms with Gasteiger partial charge in [0.05, 0.1) is 24.0 Å². The Morgan fingerprint density at radius 2 is 1.91 bits per heavy atom. The summed E-state index contributed by atoms with van der Waals surface area (Å²) in [6.45, 7) is 1.03. The van der Waals surface area contributed by atoms with Crippen LogP contribution in [0.3, 0.4) is 0 Å². The third kappa shape index (κ3) is 4.15. The molecule has 4 aromatic rings. The summed E-state index contributed by atoms with van der Waals surface area (Å²) in [5.41, 5.74) is 3.69. The molecule has 0 spiro atoms. The van der Waals surface area contributed by atoms with Crippen LogP contribution in [0.4, 0.5) is 0 Å². The normalized spacial score (nSPS) is 24.4. The van der Waals surface area contributed by atoms with Crippen molar-refractivity contribution >= 4 is 17.0 Å². The van der Waals surface area contributed by atoms with E-state index < -0.39 is 6.29 Å². The Bertz CT molecular complexity index is 1280. The number of rotatable bonds is 7. The third-order valence-corrected chi connectivity index (χ3v) is 7.06. The minimum atomic E-state index is -0.569. The number of nitrogens with zero attached hydrogens (tertiary/aromatic N) is 2. The molecule has 0 bridgehead atoms. The molecule has 8 nitrogen and oxygen atoms in total. The number of aromatic nitrogens is 2. The van der Waals surface area contributed by atoms with Crippen LogP contribution in [0, 0.1) is 11.8 Å². The van der Waals surface area contributed by atoms with E-state index in [9.17, 15) is 9.90 Å². The van der Waals surface area contributed by atoms with Gasteiger partial charge >= 0.3 is 0 Å². The Labute approximate surface area is 196 Å². The fraction of sp³-hybridized carbons (Fsp3) is 0.385. The molecule has 1 aromatic carbocycles. The predicted octanol–water partition coefficient (Wildman–Crippen LogP) is 4.19. The predicted molar refractivity (Wildman–Crippen MR) is 124 cm³/mol. The summed E-state index contributed by atoms with van der Waals surface area (Å²) in [5, 5.41) is 12.6. The summed E-state index contributed by atoms with van der Waals surface area (Å²) in [4.78, 5) is 17.8. The van der Waals surface area contributed by atoms with E-state index in [-0.39, 0.29) is 12.0 Å². The molecule has 2 aliphatic rings. The average molecular weight is 462 g/mol. The van der Waals surface area contributed by atoms with Crippen LogP contribution in [0.2, 0.25) is 0 Å². The van der Waals surface area contributed by atoms with Gasteiger partial charge in [-0.1, -0.05) is 18.2 Å². The molecule has 176 valence electrons. The first kappa shape index (κ1) is 21.2. The van der Waals surface area contributed by atoms with Crippen molar-refractivity contribution in [2.24, 2.45) is 11.8 Å². The molecular formula is C26H27N3O5. The maximum Gasteiger partial charge on any atom is 0.268 e. The topological polar surface area (TPSA) is 106 Å². The van der Waals surface area contributed by atoms with Crippen molar-refractivity contribution in [1.82, 2.24) is 14.9 Å². The monoisotopic (exact) mass is 461 g/mol. The molecular weight excluding hydrogens is 434 g/mol. The Morgan fingerprint density at radius 1 is 1.12 bits per heavy atom. The van der Waals surface area contributed by atoms with Crippen LogP contribution in [0.1, 0.15) is 41.9 Å². The summed E-state index contributed by atoms with van der Waals surface area (Å²) >= 11 is 0. The molecule has 3 aromatic heterocycles. The van der Waals surface area contributed by atoms with Gasteiger partial charge in [-0.15, -0.1) is 0 Å². The van der Waals surface area contributed by atoms with Crippen molar-refractivity contribution in [3.63, 3.8) is 0 Å². The van der Waals surface area contributed by atoms with Crippen LogP contribution in [0.25, 0.3) is 22.6 Å². The van der Waals surface area contributed by atoms with Gasteiger partial charge in [-0.05, 0) is 49.7 Å². The number of carbonyl (C=O) groups is 1. The first-order valence-corrected chi connectivity index (χ1v) is 11.8. The van der Waals surface area contributed by atoms with Gasteiger partial charge in [-0.3, -0.25) is 4.79 Å². The molecule has 1 saturated heterocycles. The fourth-order valence-electron chi connectivity index (χ4n) is 5.10. The SMILES string of the molecule is O=C(NCC1CCC(C2OC2O)CC1)c1cc2occc2n1Cc1coc(-c2ccccc2)n1. The minimum absolute atomic E-state index is 0.0215. The number of carbonyl (C=O) groups excluding carboxylic acids is 1. The van der Waals surface area contributed by atoms with E-state index in [0.717, 1.165) is 42.5 Å². The molecule has 8 heteroatoms. The number of fused-ring (bicyclic) bond motifs is 1. The van der Waals surface area contributed by atoms with Gasteiger partial charge < -0.3 is 28.6 Å². The van der Waals surface area contributed by atoms with Gasteiger partial charge in [0.1, 0.15) is 18.1 Å². The van der Waals surface area contributed by atoms with Crippen LogP contribution in [0.5, 0.6) is 0 Å². The molecule has 2 N–H and O–H groups in total. The molecule has 6 rings (SSSR count). The lowest BCUT2D eigenvalue weighted by atomic mass is 9.80. The molecule has 1 saturated carbocycles. The van der Waals surface area contributed by atoms with Crippen LogP contribution < -0.4 is 5.32 Å². The second kappa shape index (κ2) is 8.77. The zero-order chi connectivity index (χ0) is 23.1. The summed E-state index contributed by atoms with van der Waals surface area (Å²) in [7, 11) is 0. The van der Waals surface area contributed by atoms with E-state index in [1.807, 2.05) is 41.0 Å². The van der Waals surface area contributed by atoms with Crippen molar-refractivity contribution < 1.29 is 23.5 Å². The highest BCUT2D eigenvalue weighted by Gasteiger charge is 2.44. The van der Waals surface area contributed by atoms with Crippen molar-refractivity contribution in [3.8, 4) is 11.5 Å². The lowest BCUT2D eigenvalue weighted by Gasteiger charge is -2.27. The summed E-state index contributed by atoms with van der Waals surface area (Å²) in [6, 6.07) is 13.4. The second-order valence-corrected chi connectivity index (χ2v) is 9.28. The number of nitrogens with one attached hydrogen (secondary N) is 1. The van der Waals surface area contributed by atoms with Crippen molar-refractivity contribution in [1.29, 1.82) is 0 Å². The molecule has 34 heavy (non-hydrogen) atoms. The number of hydrogen-bond donors (Lipinski definition) is 2. The lowest BCUT2D eigenvalue weighted by molar-refractivity contribution is 0.0931. The largest absolute Gasteiger partial charge is 0.463 e. The second-order valence-electron chi connectivity index (χ2n) is 9.28. The number of oxazole rings is 1. The van der Waals surface area contributed by atoms with Gasteiger partial charge in [0.15, 0.2) is 11.9 Å². The fourth-order valence-corrected chi connectivity index (χ4v) is 5.10. The summed E-state index contributed by atoms with van der Waals surface area (Å²) in [6.07, 6.45) is 6.83. The van der Waals surface area contributed by atoms with Crippen LogP contribution >= 0.6 is 0 Å². The Hall–Kier alpha value is -3.36. The van der Waals surface area contributed by atoms with Crippen LogP contribution in [-0.4, -0.2) is 39.5 Å². The van der Waals surface area contributed by atoms with E-state index in [1.165, 1.54) is 0 Å². The first-order chi connectivity index (χ1) is 16.7. The molecule has 1 aliphatic heterocycles.